The molecule has 170 valence electrons. The molecule has 5 rings (SSSR count). The summed E-state index contributed by atoms with van der Waals surface area (Å²) >= 11 is 1.13. The molecule has 1 aliphatic heterocycles. The molecule has 3 aromatic carbocycles. The van der Waals surface area contributed by atoms with E-state index >= 15 is 0 Å². The van der Waals surface area contributed by atoms with Gasteiger partial charge in [0.15, 0.2) is 10.9 Å². The second-order valence-corrected chi connectivity index (χ2v) is 9.03. The standard InChI is InChI=1S/C25H23F2N3O2S/c26-18-15-21(27)23-22(16-18)33-25(28-23)30(10-4-9-29-11-13-32-14-12-29)24(31)20-8-3-6-17-5-1-2-7-19(17)20/h1-3,5-8,15-16H,4,9-14H2. The van der Waals surface area contributed by atoms with E-state index in [2.05, 4.69) is 9.88 Å². The fraction of sp³-hybridized carbons (Fsp3) is 0.280. The molecule has 8 heteroatoms. The lowest BCUT2D eigenvalue weighted by molar-refractivity contribution is 0.0376. The van der Waals surface area contributed by atoms with Gasteiger partial charge in [-0.05, 0) is 29.3 Å². The Bertz CT molecular complexity index is 1300. The van der Waals surface area contributed by atoms with E-state index in [-0.39, 0.29) is 11.4 Å². The van der Waals surface area contributed by atoms with Gasteiger partial charge in [0.25, 0.3) is 5.91 Å². The van der Waals surface area contributed by atoms with Crippen molar-refractivity contribution in [3.63, 3.8) is 0 Å². The number of aromatic nitrogens is 1. The van der Waals surface area contributed by atoms with Crippen LogP contribution < -0.4 is 4.90 Å². The van der Waals surface area contributed by atoms with Gasteiger partial charge in [-0.2, -0.15) is 0 Å². The molecule has 0 N–H and O–H groups in total. The van der Waals surface area contributed by atoms with Crippen LogP contribution in [0.25, 0.3) is 21.0 Å². The number of benzene rings is 3. The summed E-state index contributed by atoms with van der Waals surface area (Å²) in [7, 11) is 0. The maximum atomic E-state index is 14.3. The number of fused-ring (bicyclic) bond motifs is 2. The number of ether oxygens (including phenoxy) is 1. The summed E-state index contributed by atoms with van der Waals surface area (Å²) in [5.41, 5.74) is 0.644. The molecular weight excluding hydrogens is 444 g/mol. The maximum Gasteiger partial charge on any atom is 0.260 e. The van der Waals surface area contributed by atoms with Gasteiger partial charge in [0.1, 0.15) is 11.3 Å². The largest absolute Gasteiger partial charge is 0.379 e. The smallest absolute Gasteiger partial charge is 0.260 e. The van der Waals surface area contributed by atoms with Crippen LogP contribution >= 0.6 is 11.3 Å². The first-order valence-corrected chi connectivity index (χ1v) is 11.8. The molecule has 0 saturated carbocycles. The number of amides is 1. The topological polar surface area (TPSA) is 45.7 Å². The zero-order valence-electron chi connectivity index (χ0n) is 18.0. The molecule has 0 unspecified atom stereocenters. The Labute approximate surface area is 194 Å². The molecule has 0 radical (unpaired) electrons. The second-order valence-electron chi connectivity index (χ2n) is 8.02. The van der Waals surface area contributed by atoms with Crippen molar-refractivity contribution in [1.82, 2.24) is 9.88 Å². The molecule has 1 saturated heterocycles. The highest BCUT2D eigenvalue weighted by Gasteiger charge is 2.24. The quantitative estimate of drug-likeness (QED) is 0.396. The SMILES string of the molecule is O=C(c1cccc2ccccc12)N(CCCN1CCOCC1)c1nc2c(F)cc(F)cc2s1. The number of carbonyl (C=O) groups excluding carboxylic acids is 1. The highest BCUT2D eigenvalue weighted by molar-refractivity contribution is 7.22. The summed E-state index contributed by atoms with van der Waals surface area (Å²) in [4.78, 5) is 22.1. The first kappa shape index (κ1) is 21.9. The molecule has 5 nitrogen and oxygen atoms in total. The Morgan fingerprint density at radius 1 is 1.09 bits per heavy atom. The van der Waals surface area contributed by atoms with E-state index in [4.69, 9.17) is 4.74 Å². The number of halogens is 2. The third kappa shape index (κ3) is 4.59. The Morgan fingerprint density at radius 3 is 2.73 bits per heavy atom. The van der Waals surface area contributed by atoms with Crippen molar-refractivity contribution < 1.29 is 18.3 Å². The fourth-order valence-corrected chi connectivity index (χ4v) is 5.21. The minimum absolute atomic E-state index is 0.0836. The Balaban J connectivity index is 1.49. The summed E-state index contributed by atoms with van der Waals surface area (Å²) < 4.78 is 33.9. The highest BCUT2D eigenvalue weighted by Crippen LogP contribution is 2.33. The van der Waals surface area contributed by atoms with Crippen LogP contribution in [0.15, 0.2) is 54.6 Å². The minimum Gasteiger partial charge on any atom is -0.379 e. The molecule has 0 atom stereocenters. The fourth-order valence-electron chi connectivity index (χ4n) is 4.18. The molecular formula is C25H23F2N3O2S. The third-order valence-corrected chi connectivity index (χ3v) is 6.88. The van der Waals surface area contributed by atoms with Crippen LogP contribution in [0.5, 0.6) is 0 Å². The van der Waals surface area contributed by atoms with Crippen molar-refractivity contribution in [2.75, 3.05) is 44.3 Å². The number of anilines is 1. The maximum absolute atomic E-state index is 14.3. The highest BCUT2D eigenvalue weighted by atomic mass is 32.1. The van der Waals surface area contributed by atoms with E-state index in [0.717, 1.165) is 54.2 Å². The van der Waals surface area contributed by atoms with E-state index in [1.807, 2.05) is 36.4 Å². The van der Waals surface area contributed by atoms with Gasteiger partial charge < -0.3 is 4.74 Å². The lowest BCUT2D eigenvalue weighted by Gasteiger charge is -2.28. The number of hydrogen-bond donors (Lipinski definition) is 0. The number of thiazole rings is 1. The van der Waals surface area contributed by atoms with Gasteiger partial charge >= 0.3 is 0 Å². The summed E-state index contributed by atoms with van der Waals surface area (Å²) in [6.45, 7) is 4.38. The van der Waals surface area contributed by atoms with Gasteiger partial charge in [-0.3, -0.25) is 14.6 Å². The molecule has 1 aliphatic rings. The summed E-state index contributed by atoms with van der Waals surface area (Å²) in [6, 6.07) is 15.4. The van der Waals surface area contributed by atoms with Crippen LogP contribution in [0.2, 0.25) is 0 Å². The molecule has 2 heterocycles. The van der Waals surface area contributed by atoms with E-state index in [0.29, 0.717) is 35.2 Å². The number of rotatable bonds is 6. The number of morpholine rings is 1. The van der Waals surface area contributed by atoms with Crippen molar-refractivity contribution in [3.8, 4) is 0 Å². The molecule has 0 bridgehead atoms. The summed E-state index contributed by atoms with van der Waals surface area (Å²) in [5, 5.41) is 2.19. The Morgan fingerprint density at radius 2 is 1.88 bits per heavy atom. The Kier molecular flexibility index (Phi) is 6.30. The van der Waals surface area contributed by atoms with Gasteiger partial charge in [0.05, 0.1) is 17.9 Å². The van der Waals surface area contributed by atoms with Crippen LogP contribution in [0, 0.1) is 11.6 Å². The zero-order chi connectivity index (χ0) is 22.8. The predicted octanol–water partition coefficient (Wildman–Crippen LogP) is 5.10. The van der Waals surface area contributed by atoms with E-state index < -0.39 is 11.6 Å². The first-order valence-electron chi connectivity index (χ1n) is 11.0. The van der Waals surface area contributed by atoms with Crippen molar-refractivity contribution >= 4 is 43.4 Å². The summed E-state index contributed by atoms with van der Waals surface area (Å²) in [6.07, 6.45) is 0.725. The van der Waals surface area contributed by atoms with Crippen molar-refractivity contribution in [2.24, 2.45) is 0 Å². The molecule has 0 aliphatic carbocycles. The zero-order valence-corrected chi connectivity index (χ0v) is 18.8. The Hall–Kier alpha value is -2.94. The predicted molar refractivity (Wildman–Crippen MR) is 127 cm³/mol. The van der Waals surface area contributed by atoms with E-state index in [1.54, 1.807) is 11.0 Å². The lowest BCUT2D eigenvalue weighted by atomic mass is 10.0. The van der Waals surface area contributed by atoms with E-state index in [9.17, 15) is 13.6 Å². The minimum atomic E-state index is -0.724. The average molecular weight is 468 g/mol. The van der Waals surface area contributed by atoms with Crippen LogP contribution in [0.3, 0.4) is 0 Å². The lowest BCUT2D eigenvalue weighted by Crippen LogP contribution is -2.39. The van der Waals surface area contributed by atoms with Gasteiger partial charge in [-0.25, -0.2) is 13.8 Å². The molecule has 1 aromatic heterocycles. The number of carbonyl (C=O) groups is 1. The van der Waals surface area contributed by atoms with Gasteiger partial charge in [0, 0.05) is 37.8 Å². The van der Waals surface area contributed by atoms with Gasteiger partial charge in [0.2, 0.25) is 0 Å². The molecule has 0 spiro atoms. The van der Waals surface area contributed by atoms with Crippen LogP contribution in [0.4, 0.5) is 13.9 Å². The molecule has 4 aromatic rings. The summed E-state index contributed by atoms with van der Waals surface area (Å²) in [5.74, 6) is -1.58. The van der Waals surface area contributed by atoms with Gasteiger partial charge in [-0.1, -0.05) is 47.7 Å². The van der Waals surface area contributed by atoms with Crippen LogP contribution in [0.1, 0.15) is 16.8 Å². The first-order chi connectivity index (χ1) is 16.1. The van der Waals surface area contributed by atoms with Crippen molar-refractivity contribution in [3.05, 3.63) is 71.8 Å². The van der Waals surface area contributed by atoms with E-state index in [1.165, 1.54) is 6.07 Å². The van der Waals surface area contributed by atoms with Gasteiger partial charge in [-0.15, -0.1) is 0 Å². The van der Waals surface area contributed by atoms with Crippen LogP contribution in [-0.2, 0) is 4.74 Å². The third-order valence-electron chi connectivity index (χ3n) is 5.86. The number of nitrogens with zero attached hydrogens (tertiary/aromatic N) is 3. The van der Waals surface area contributed by atoms with Crippen molar-refractivity contribution in [1.29, 1.82) is 0 Å². The molecule has 1 fully saturated rings. The van der Waals surface area contributed by atoms with Crippen LogP contribution in [-0.4, -0.2) is 55.2 Å². The molecule has 1 amide bonds. The average Bonchev–Trinajstić information content (AvgIpc) is 3.26. The molecule has 33 heavy (non-hydrogen) atoms. The monoisotopic (exact) mass is 467 g/mol. The second kappa shape index (κ2) is 9.51. The van der Waals surface area contributed by atoms with Crippen molar-refractivity contribution in [2.45, 2.75) is 6.42 Å². The normalized spacial score (nSPS) is 14.7. The number of hydrogen-bond acceptors (Lipinski definition) is 5.